The van der Waals surface area contributed by atoms with Gasteiger partial charge in [-0.25, -0.2) is 4.79 Å². The van der Waals surface area contributed by atoms with Gasteiger partial charge in [0.2, 0.25) is 5.76 Å². The molecule has 2 aromatic rings. The minimum Gasteiger partial charge on any atom is -0.504 e. The van der Waals surface area contributed by atoms with Crippen molar-refractivity contribution >= 4 is 12.0 Å². The topological polar surface area (TPSA) is 94.5 Å². The number of phenols is 1. The van der Waals surface area contributed by atoms with Crippen LogP contribution in [0.25, 0.3) is 6.08 Å². The van der Waals surface area contributed by atoms with Crippen LogP contribution in [0.3, 0.4) is 0 Å². The Morgan fingerprint density at radius 1 is 1.00 bits per heavy atom. The van der Waals surface area contributed by atoms with Crippen molar-refractivity contribution in [3.05, 3.63) is 53.3 Å². The molecule has 0 heterocycles. The average Bonchev–Trinajstić information content (AvgIpc) is 2.76. The third-order valence-electron chi connectivity index (χ3n) is 4.42. The average molecular weight is 430 g/mol. The molecule has 2 N–H and O–H groups in total. The molecular weight excluding hydrogens is 400 g/mol. The number of aromatic hydroxyl groups is 1. The Morgan fingerprint density at radius 2 is 1.77 bits per heavy atom. The number of unbranched alkanes of at least 4 members (excludes halogenated alkanes) is 1. The summed E-state index contributed by atoms with van der Waals surface area (Å²) in [6.45, 7) is 5.00. The van der Waals surface area contributed by atoms with Crippen LogP contribution in [0.4, 0.5) is 0 Å². The molecule has 0 saturated carbocycles. The van der Waals surface area contributed by atoms with E-state index in [0.717, 1.165) is 18.4 Å². The minimum absolute atomic E-state index is 0.0928. The molecule has 0 unspecified atom stereocenters. The SMILES string of the molecule is CCCCOc1cc(C=C(OCC)C(=O)O)ccc1OCCc1ccc(O)c(OC)c1. The molecule has 0 radical (unpaired) electrons. The first-order valence-electron chi connectivity index (χ1n) is 10.3. The quantitative estimate of drug-likeness (QED) is 0.271. The van der Waals surface area contributed by atoms with Gasteiger partial charge in [-0.1, -0.05) is 25.5 Å². The first-order valence-corrected chi connectivity index (χ1v) is 10.3. The van der Waals surface area contributed by atoms with Crippen molar-refractivity contribution in [1.82, 2.24) is 0 Å². The summed E-state index contributed by atoms with van der Waals surface area (Å²) in [5.74, 6) is 0.381. The molecule has 7 nitrogen and oxygen atoms in total. The Hall–Kier alpha value is -3.35. The molecule has 7 heteroatoms. The number of phenolic OH excluding ortho intramolecular Hbond substituents is 1. The molecule has 168 valence electrons. The second-order valence-electron chi connectivity index (χ2n) is 6.76. The zero-order valence-corrected chi connectivity index (χ0v) is 18.2. The van der Waals surface area contributed by atoms with Crippen LogP contribution in [-0.2, 0) is 16.0 Å². The zero-order chi connectivity index (χ0) is 22.6. The summed E-state index contributed by atoms with van der Waals surface area (Å²) in [4.78, 5) is 11.3. The van der Waals surface area contributed by atoms with E-state index in [4.69, 9.17) is 18.9 Å². The van der Waals surface area contributed by atoms with Crippen LogP contribution in [0.2, 0.25) is 0 Å². The van der Waals surface area contributed by atoms with E-state index in [1.165, 1.54) is 13.2 Å². The van der Waals surface area contributed by atoms with E-state index in [1.807, 2.05) is 6.07 Å². The summed E-state index contributed by atoms with van der Waals surface area (Å²) >= 11 is 0. The fourth-order valence-electron chi connectivity index (χ4n) is 2.80. The van der Waals surface area contributed by atoms with Crippen molar-refractivity contribution in [3.63, 3.8) is 0 Å². The van der Waals surface area contributed by atoms with Gasteiger partial charge in [0.1, 0.15) is 0 Å². The number of benzene rings is 2. The highest BCUT2D eigenvalue weighted by molar-refractivity contribution is 5.90. The number of rotatable bonds is 13. The summed E-state index contributed by atoms with van der Waals surface area (Å²) < 4.78 is 22.1. The summed E-state index contributed by atoms with van der Waals surface area (Å²) in [6, 6.07) is 10.4. The third-order valence-corrected chi connectivity index (χ3v) is 4.42. The van der Waals surface area contributed by atoms with Crippen molar-refractivity contribution in [2.45, 2.75) is 33.1 Å². The largest absolute Gasteiger partial charge is 0.504 e. The predicted octanol–water partition coefficient (Wildman–Crippen LogP) is 4.66. The molecule has 31 heavy (non-hydrogen) atoms. The van der Waals surface area contributed by atoms with E-state index in [1.54, 1.807) is 37.3 Å². The van der Waals surface area contributed by atoms with Crippen molar-refractivity contribution in [2.75, 3.05) is 26.9 Å². The molecule has 0 aromatic heterocycles. The molecule has 0 amide bonds. The fourth-order valence-corrected chi connectivity index (χ4v) is 2.80. The van der Waals surface area contributed by atoms with Crippen molar-refractivity contribution < 1.29 is 34.0 Å². The zero-order valence-electron chi connectivity index (χ0n) is 18.2. The number of aliphatic carboxylic acids is 1. The number of hydrogen-bond donors (Lipinski definition) is 2. The van der Waals surface area contributed by atoms with E-state index >= 15 is 0 Å². The van der Waals surface area contributed by atoms with Gasteiger partial charge in [0.05, 0.1) is 26.9 Å². The first-order chi connectivity index (χ1) is 15.0. The lowest BCUT2D eigenvalue weighted by Crippen LogP contribution is -2.06. The molecule has 0 bridgehead atoms. The van der Waals surface area contributed by atoms with Gasteiger partial charge in [0.25, 0.3) is 0 Å². The molecule has 0 aliphatic rings. The lowest BCUT2D eigenvalue weighted by molar-refractivity contribution is -0.136. The van der Waals surface area contributed by atoms with Crippen molar-refractivity contribution in [2.24, 2.45) is 0 Å². The minimum atomic E-state index is -1.13. The van der Waals surface area contributed by atoms with Gasteiger partial charge in [-0.2, -0.15) is 0 Å². The maximum Gasteiger partial charge on any atom is 0.371 e. The molecule has 0 atom stereocenters. The first kappa shape index (κ1) is 23.9. The van der Waals surface area contributed by atoms with Gasteiger partial charge >= 0.3 is 5.97 Å². The highest BCUT2D eigenvalue weighted by Crippen LogP contribution is 2.31. The van der Waals surface area contributed by atoms with Crippen LogP contribution < -0.4 is 14.2 Å². The van der Waals surface area contributed by atoms with Crippen molar-refractivity contribution in [1.29, 1.82) is 0 Å². The number of methoxy groups -OCH3 is 1. The molecule has 0 aliphatic carbocycles. The molecule has 0 aliphatic heterocycles. The summed E-state index contributed by atoms with van der Waals surface area (Å²) in [6.07, 6.45) is 3.96. The van der Waals surface area contributed by atoms with Crippen molar-refractivity contribution in [3.8, 4) is 23.0 Å². The third kappa shape index (κ3) is 7.44. The molecule has 0 saturated heterocycles. The highest BCUT2D eigenvalue weighted by Gasteiger charge is 2.11. The van der Waals surface area contributed by atoms with Gasteiger partial charge in [-0.3, -0.25) is 0 Å². The van der Waals surface area contributed by atoms with Gasteiger partial charge in [0, 0.05) is 6.42 Å². The maximum atomic E-state index is 11.3. The summed E-state index contributed by atoms with van der Waals surface area (Å²) in [5, 5.41) is 19.0. The summed E-state index contributed by atoms with van der Waals surface area (Å²) in [5.41, 5.74) is 1.61. The number of ether oxygens (including phenoxy) is 4. The maximum absolute atomic E-state index is 11.3. The van der Waals surface area contributed by atoms with Gasteiger partial charge in [-0.15, -0.1) is 0 Å². The van der Waals surface area contributed by atoms with Crippen LogP contribution in [0.1, 0.15) is 37.8 Å². The predicted molar refractivity (Wildman–Crippen MR) is 118 cm³/mol. The number of hydrogen-bond acceptors (Lipinski definition) is 6. The van der Waals surface area contributed by atoms with Gasteiger partial charge in [-0.05, 0) is 54.8 Å². The Bertz CT molecular complexity index is 889. The number of carboxylic acid groups (broad SMARTS) is 1. The van der Waals surface area contributed by atoms with E-state index in [0.29, 0.717) is 42.4 Å². The molecule has 0 spiro atoms. The summed E-state index contributed by atoms with van der Waals surface area (Å²) in [7, 11) is 1.51. The Balaban J connectivity index is 2.15. The highest BCUT2D eigenvalue weighted by atomic mass is 16.5. The van der Waals surface area contributed by atoms with Crippen LogP contribution in [0.15, 0.2) is 42.2 Å². The Labute approximate surface area is 182 Å². The van der Waals surface area contributed by atoms with Gasteiger partial charge in [0.15, 0.2) is 23.0 Å². The van der Waals surface area contributed by atoms with E-state index in [9.17, 15) is 15.0 Å². The molecule has 2 aromatic carbocycles. The van der Waals surface area contributed by atoms with Crippen LogP contribution in [0.5, 0.6) is 23.0 Å². The molecule has 0 fully saturated rings. The van der Waals surface area contributed by atoms with E-state index < -0.39 is 5.97 Å². The smallest absolute Gasteiger partial charge is 0.371 e. The van der Waals surface area contributed by atoms with E-state index in [-0.39, 0.29) is 18.1 Å². The second kappa shape index (κ2) is 12.4. The standard InChI is InChI=1S/C24H30O7/c1-4-6-12-30-22-15-18(16-23(24(26)27)29-5-2)8-10-20(22)31-13-11-17-7-9-19(25)21(14-17)28-3/h7-10,14-16,25H,4-6,11-13H2,1-3H3,(H,26,27). The Kier molecular flexibility index (Phi) is 9.55. The van der Waals surface area contributed by atoms with E-state index in [2.05, 4.69) is 6.92 Å². The molecular formula is C24H30O7. The number of carboxylic acids is 1. The number of carbonyl (C=O) groups is 1. The van der Waals surface area contributed by atoms with Crippen LogP contribution in [-0.4, -0.2) is 43.1 Å². The van der Waals surface area contributed by atoms with Crippen LogP contribution in [0, 0.1) is 0 Å². The second-order valence-corrected chi connectivity index (χ2v) is 6.76. The molecule has 2 rings (SSSR count). The monoisotopic (exact) mass is 430 g/mol. The Morgan fingerprint density at radius 3 is 2.45 bits per heavy atom. The van der Waals surface area contributed by atoms with Gasteiger partial charge < -0.3 is 29.2 Å². The normalized spacial score (nSPS) is 11.1. The fraction of sp³-hybridized carbons (Fsp3) is 0.375. The van der Waals surface area contributed by atoms with Crippen LogP contribution >= 0.6 is 0 Å². The lowest BCUT2D eigenvalue weighted by Gasteiger charge is -2.14. The lowest BCUT2D eigenvalue weighted by atomic mass is 10.1.